The minimum absolute atomic E-state index is 0.0904. The molecule has 6 heteroatoms. The van der Waals surface area contributed by atoms with E-state index >= 15 is 0 Å². The largest absolute Gasteiger partial charge is 0.872 e. The second kappa shape index (κ2) is 8.39. The van der Waals surface area contributed by atoms with Gasteiger partial charge in [0.05, 0.1) is 16.7 Å². The molecule has 0 spiro atoms. The predicted molar refractivity (Wildman–Crippen MR) is 128 cm³/mol. The maximum Gasteiger partial charge on any atom is 0.199 e. The average molecular weight is 439 g/mol. The van der Waals surface area contributed by atoms with E-state index in [2.05, 4.69) is 0 Å². The molecule has 0 unspecified atom stereocenters. The van der Waals surface area contributed by atoms with Gasteiger partial charge in [-0.05, 0) is 23.8 Å². The van der Waals surface area contributed by atoms with Crippen LogP contribution in [0.2, 0.25) is 0 Å². The summed E-state index contributed by atoms with van der Waals surface area (Å²) in [7, 11) is 7.29. The van der Waals surface area contributed by atoms with Crippen molar-refractivity contribution < 1.29 is 19.5 Å². The number of Topliss-reactive ketones (excluding diaryl/α,β-unsaturated/α-hetero) is 3. The number of rotatable bonds is 5. The third-order valence-corrected chi connectivity index (χ3v) is 5.72. The molecular weight excluding hydrogens is 416 g/mol. The molecule has 0 atom stereocenters. The Hall–Kier alpha value is -4.19. The van der Waals surface area contributed by atoms with Gasteiger partial charge in [0.2, 0.25) is 0 Å². The van der Waals surface area contributed by atoms with E-state index in [9.17, 15) is 19.5 Å². The Balaban J connectivity index is 1.56. The molecule has 2 aliphatic rings. The van der Waals surface area contributed by atoms with Crippen molar-refractivity contribution in [3.63, 3.8) is 0 Å². The highest BCUT2D eigenvalue weighted by molar-refractivity contribution is 6.41. The van der Waals surface area contributed by atoms with Gasteiger partial charge in [-0.25, -0.2) is 0 Å². The van der Waals surface area contributed by atoms with Crippen LogP contribution in [0.15, 0.2) is 77.9 Å². The van der Waals surface area contributed by atoms with Crippen molar-refractivity contribution >= 4 is 34.5 Å². The van der Waals surface area contributed by atoms with Gasteiger partial charge in [0.25, 0.3) is 0 Å². The first-order chi connectivity index (χ1) is 15.7. The topological polar surface area (TPSA) is 80.8 Å². The van der Waals surface area contributed by atoms with Crippen LogP contribution in [0.1, 0.15) is 36.6 Å². The van der Waals surface area contributed by atoms with Gasteiger partial charge in [-0.15, -0.1) is 0 Å². The second-order valence-corrected chi connectivity index (χ2v) is 8.24. The fraction of sp³-hybridized carbons (Fsp3) is 0.148. The van der Waals surface area contributed by atoms with Crippen molar-refractivity contribution in [2.24, 2.45) is 0 Å². The van der Waals surface area contributed by atoms with E-state index < -0.39 is 0 Å². The number of nitrogens with zero attached hydrogens (tertiary/aromatic N) is 2. The van der Waals surface area contributed by atoms with Crippen LogP contribution in [-0.4, -0.2) is 45.5 Å². The third-order valence-electron chi connectivity index (χ3n) is 5.72. The molecule has 33 heavy (non-hydrogen) atoms. The molecule has 0 aromatic heterocycles. The first kappa shape index (κ1) is 22.0. The molecule has 6 nitrogen and oxygen atoms in total. The van der Waals surface area contributed by atoms with Crippen LogP contribution >= 0.6 is 0 Å². The summed E-state index contributed by atoms with van der Waals surface area (Å²) in [4.78, 5) is 42.0. The molecule has 0 N–H and O–H groups in total. The number of benzene rings is 2. The Labute approximate surface area is 192 Å². The number of carbonyl (C=O) groups is 3. The fourth-order valence-corrected chi connectivity index (χ4v) is 4.12. The highest BCUT2D eigenvalue weighted by Gasteiger charge is 2.35. The van der Waals surface area contributed by atoms with Gasteiger partial charge in [-0.2, -0.15) is 0 Å². The van der Waals surface area contributed by atoms with Gasteiger partial charge in [-0.3, -0.25) is 14.4 Å². The SMILES string of the molecule is CN(C)c1cccc2c1C(=O)C(=CC=CC=CC1=C([O-])c3cccc(N(C)C)c3C1=O)C2=O. The lowest BCUT2D eigenvalue weighted by Gasteiger charge is -2.17. The van der Waals surface area contributed by atoms with Crippen molar-refractivity contribution in [3.05, 3.63) is 100 Å². The molecule has 0 amide bonds. The summed E-state index contributed by atoms with van der Waals surface area (Å²) >= 11 is 0. The van der Waals surface area contributed by atoms with Gasteiger partial charge in [0.15, 0.2) is 17.3 Å². The number of anilines is 2. The molecule has 0 heterocycles. The van der Waals surface area contributed by atoms with Gasteiger partial charge in [-0.1, -0.05) is 54.3 Å². The summed E-state index contributed by atoms with van der Waals surface area (Å²) in [6.45, 7) is 0. The van der Waals surface area contributed by atoms with Crippen LogP contribution in [0.4, 0.5) is 11.4 Å². The summed E-state index contributed by atoms with van der Waals surface area (Å²) in [5, 5.41) is 12.7. The third kappa shape index (κ3) is 3.59. The molecule has 0 saturated carbocycles. The number of allylic oxidation sites excluding steroid dienone is 7. The van der Waals surface area contributed by atoms with Crippen LogP contribution in [0.3, 0.4) is 0 Å². The normalized spacial score (nSPS) is 16.5. The number of hydrogen-bond acceptors (Lipinski definition) is 6. The highest BCUT2D eigenvalue weighted by Crippen LogP contribution is 2.36. The first-order valence-corrected chi connectivity index (χ1v) is 10.5. The lowest BCUT2D eigenvalue weighted by Crippen LogP contribution is -2.13. The zero-order valence-electron chi connectivity index (χ0n) is 18.9. The lowest BCUT2D eigenvalue weighted by molar-refractivity contribution is -0.244. The molecule has 0 fully saturated rings. The fourth-order valence-electron chi connectivity index (χ4n) is 4.12. The van der Waals surface area contributed by atoms with E-state index in [0.717, 1.165) is 0 Å². The first-order valence-electron chi connectivity index (χ1n) is 10.5. The van der Waals surface area contributed by atoms with E-state index in [-0.39, 0.29) is 34.3 Å². The summed E-state index contributed by atoms with van der Waals surface area (Å²) in [5.41, 5.74) is 3.20. The molecule has 2 aromatic rings. The average Bonchev–Trinajstić information content (AvgIpc) is 3.18. The molecule has 0 radical (unpaired) electrons. The zero-order chi connectivity index (χ0) is 23.9. The zero-order valence-corrected chi connectivity index (χ0v) is 18.9. The van der Waals surface area contributed by atoms with Crippen LogP contribution in [-0.2, 0) is 0 Å². The van der Waals surface area contributed by atoms with Crippen LogP contribution < -0.4 is 14.9 Å². The smallest absolute Gasteiger partial charge is 0.199 e. The van der Waals surface area contributed by atoms with Crippen molar-refractivity contribution in [1.29, 1.82) is 0 Å². The van der Waals surface area contributed by atoms with Crippen molar-refractivity contribution in [2.75, 3.05) is 38.0 Å². The molecule has 4 rings (SSSR count). The minimum atomic E-state index is -0.311. The Morgan fingerprint density at radius 3 is 1.88 bits per heavy atom. The van der Waals surface area contributed by atoms with Crippen molar-refractivity contribution in [1.82, 2.24) is 0 Å². The van der Waals surface area contributed by atoms with Gasteiger partial charge < -0.3 is 14.9 Å². The Morgan fingerprint density at radius 1 is 0.697 bits per heavy atom. The van der Waals surface area contributed by atoms with Gasteiger partial charge >= 0.3 is 0 Å². The number of fused-ring (bicyclic) bond motifs is 2. The maximum atomic E-state index is 12.8. The molecule has 0 saturated heterocycles. The highest BCUT2D eigenvalue weighted by atomic mass is 16.3. The molecule has 0 aliphatic heterocycles. The maximum absolute atomic E-state index is 12.8. The molecule has 0 bridgehead atoms. The monoisotopic (exact) mass is 439 g/mol. The van der Waals surface area contributed by atoms with E-state index in [4.69, 9.17) is 0 Å². The Bertz CT molecular complexity index is 1320. The van der Waals surface area contributed by atoms with Gasteiger partial charge in [0.1, 0.15) is 0 Å². The van der Waals surface area contributed by atoms with E-state index in [1.165, 1.54) is 12.2 Å². The number of hydrogen-bond donors (Lipinski definition) is 0. The summed E-state index contributed by atoms with van der Waals surface area (Å²) in [6.07, 6.45) is 7.65. The van der Waals surface area contributed by atoms with E-state index in [0.29, 0.717) is 33.6 Å². The quantitative estimate of drug-likeness (QED) is 0.404. The van der Waals surface area contributed by atoms with Gasteiger partial charge in [0, 0.05) is 50.7 Å². The Morgan fingerprint density at radius 2 is 1.27 bits per heavy atom. The second-order valence-electron chi connectivity index (χ2n) is 8.24. The molecule has 166 valence electrons. The van der Waals surface area contributed by atoms with E-state index in [1.54, 1.807) is 64.4 Å². The molecular formula is C27H23N2O4-. The molecule has 2 aromatic carbocycles. The summed E-state index contributed by atoms with van der Waals surface area (Å²) < 4.78 is 0. The minimum Gasteiger partial charge on any atom is -0.872 e. The molecule has 2 aliphatic carbocycles. The number of ketones is 3. The summed E-state index contributed by atoms with van der Waals surface area (Å²) in [6, 6.07) is 10.4. The lowest BCUT2D eigenvalue weighted by atomic mass is 10.0. The van der Waals surface area contributed by atoms with Crippen LogP contribution in [0, 0.1) is 0 Å². The van der Waals surface area contributed by atoms with Crippen LogP contribution in [0.25, 0.3) is 5.76 Å². The standard InChI is InChI=1S/C27H24N2O4/c1-28(2)20-14-8-12-16-22(20)26(32)18(24(16)30)10-6-5-7-11-19-25(31)17-13-9-15-21(29(3)4)23(17)27(19)33/h5-15,30H,1-4H3/p-1. The van der Waals surface area contributed by atoms with E-state index in [1.807, 2.05) is 28.2 Å². The van der Waals surface area contributed by atoms with Crippen molar-refractivity contribution in [2.45, 2.75) is 0 Å². The van der Waals surface area contributed by atoms with Crippen LogP contribution in [0.5, 0.6) is 0 Å². The predicted octanol–water partition coefficient (Wildman–Crippen LogP) is 3.20. The van der Waals surface area contributed by atoms with Crippen molar-refractivity contribution in [3.8, 4) is 0 Å². The number of carbonyl (C=O) groups excluding carboxylic acids is 3. The Kier molecular flexibility index (Phi) is 5.60. The summed E-state index contributed by atoms with van der Waals surface area (Å²) in [5.74, 6) is -1.24.